The number of hydrogen-bond donors (Lipinski definition) is 0. The molecule has 0 bridgehead atoms. The lowest BCUT2D eigenvalue weighted by Gasteiger charge is -2.22. The molecule has 0 saturated heterocycles. The minimum Gasteiger partial charge on any atom is -0.266 e. The van der Waals surface area contributed by atoms with E-state index in [1.165, 1.54) is 0 Å². The zero-order valence-corrected chi connectivity index (χ0v) is 9.62. The average molecular weight is 239 g/mol. The van der Waals surface area contributed by atoms with Crippen molar-refractivity contribution < 1.29 is 9.59 Å². The fourth-order valence-electron chi connectivity index (χ4n) is 1.93. The number of imide groups is 1. The molecule has 3 rings (SSSR count). The van der Waals surface area contributed by atoms with Gasteiger partial charge in [0, 0.05) is 5.70 Å². The summed E-state index contributed by atoms with van der Waals surface area (Å²) in [5.74, 6) is -0.427. The van der Waals surface area contributed by atoms with Gasteiger partial charge in [0.1, 0.15) is 5.71 Å². The summed E-state index contributed by atoms with van der Waals surface area (Å²) in [4.78, 5) is 33.1. The number of fused-ring (bicyclic) bond motifs is 1. The molecular formula is C13H9N3O2. The first-order valence-corrected chi connectivity index (χ1v) is 5.46. The minimum absolute atomic E-state index is 0.232. The highest BCUT2D eigenvalue weighted by atomic mass is 16.2. The molecule has 3 amide bonds. The van der Waals surface area contributed by atoms with Crippen LogP contribution in [-0.2, 0) is 4.79 Å². The van der Waals surface area contributed by atoms with Gasteiger partial charge in [-0.25, -0.2) is 14.7 Å². The maximum absolute atomic E-state index is 12.2. The van der Waals surface area contributed by atoms with Gasteiger partial charge in [0.25, 0.3) is 5.91 Å². The number of nitrogens with zero attached hydrogens (tertiary/aromatic N) is 3. The number of allylic oxidation sites excluding steroid dienone is 2. The van der Waals surface area contributed by atoms with Gasteiger partial charge in [0.2, 0.25) is 0 Å². The van der Waals surface area contributed by atoms with Gasteiger partial charge < -0.3 is 0 Å². The standard InChI is InChI=1S/C13H9N3O2/c1-8-7-10-11(14-8)12(17)16(13(18)15-10)9-5-3-2-4-6-9/h2-7H,1H3. The molecule has 0 spiro atoms. The number of aliphatic imine (C=N–C) groups is 2. The van der Waals surface area contributed by atoms with Crippen molar-refractivity contribution in [3.8, 4) is 0 Å². The van der Waals surface area contributed by atoms with E-state index in [2.05, 4.69) is 9.98 Å². The van der Waals surface area contributed by atoms with Gasteiger partial charge in [0.15, 0.2) is 5.71 Å². The Labute approximate surface area is 103 Å². The number of urea groups is 1. The fourth-order valence-corrected chi connectivity index (χ4v) is 1.93. The van der Waals surface area contributed by atoms with Crippen LogP contribution in [0.2, 0.25) is 0 Å². The van der Waals surface area contributed by atoms with Crippen molar-refractivity contribution in [3.63, 3.8) is 0 Å². The summed E-state index contributed by atoms with van der Waals surface area (Å²) >= 11 is 0. The van der Waals surface area contributed by atoms with Crippen LogP contribution in [0.3, 0.4) is 0 Å². The predicted molar refractivity (Wildman–Crippen MR) is 68.0 cm³/mol. The van der Waals surface area contributed by atoms with Gasteiger partial charge in [-0.05, 0) is 25.1 Å². The largest absolute Gasteiger partial charge is 0.355 e. The van der Waals surface area contributed by atoms with Crippen LogP contribution < -0.4 is 4.90 Å². The molecule has 0 unspecified atom stereocenters. The number of benzene rings is 1. The maximum Gasteiger partial charge on any atom is 0.355 e. The SMILES string of the molecule is CC1=CC2=NC(=O)N(c3ccccc3)C(=O)C2=N1. The second kappa shape index (κ2) is 3.73. The lowest BCUT2D eigenvalue weighted by atomic mass is 10.1. The van der Waals surface area contributed by atoms with Gasteiger partial charge in [-0.1, -0.05) is 18.2 Å². The summed E-state index contributed by atoms with van der Waals surface area (Å²) in [6, 6.07) is 8.13. The molecule has 0 aliphatic carbocycles. The van der Waals surface area contributed by atoms with Crippen LogP contribution in [0.4, 0.5) is 10.5 Å². The molecule has 2 aliphatic rings. The summed E-state index contributed by atoms with van der Waals surface area (Å²) in [7, 11) is 0. The lowest BCUT2D eigenvalue weighted by Crippen LogP contribution is -2.46. The molecule has 1 aromatic rings. The quantitative estimate of drug-likeness (QED) is 0.751. The molecule has 0 N–H and O–H groups in total. The van der Waals surface area contributed by atoms with E-state index in [9.17, 15) is 9.59 Å². The number of hydrogen-bond acceptors (Lipinski definition) is 3. The summed E-state index contributed by atoms with van der Waals surface area (Å²) in [5, 5.41) is 0. The van der Waals surface area contributed by atoms with Gasteiger partial charge >= 0.3 is 6.03 Å². The highest BCUT2D eigenvalue weighted by Gasteiger charge is 2.36. The zero-order chi connectivity index (χ0) is 12.7. The summed E-state index contributed by atoms with van der Waals surface area (Å²) in [6.07, 6.45) is 1.63. The Kier molecular flexibility index (Phi) is 2.19. The molecule has 0 aromatic heterocycles. The van der Waals surface area contributed by atoms with Crippen LogP contribution >= 0.6 is 0 Å². The Morgan fingerprint density at radius 2 is 1.78 bits per heavy atom. The molecule has 0 saturated carbocycles. The number of para-hydroxylation sites is 1. The van der Waals surface area contributed by atoms with E-state index in [0.717, 1.165) is 4.90 Å². The van der Waals surface area contributed by atoms with Gasteiger partial charge in [-0.15, -0.1) is 0 Å². The third-order valence-electron chi connectivity index (χ3n) is 2.70. The molecule has 0 fully saturated rings. The topological polar surface area (TPSA) is 62.1 Å². The number of carbonyl (C=O) groups is 2. The van der Waals surface area contributed by atoms with Crippen LogP contribution in [-0.4, -0.2) is 23.4 Å². The summed E-state index contributed by atoms with van der Waals surface area (Å²) < 4.78 is 0. The third kappa shape index (κ3) is 1.48. The summed E-state index contributed by atoms with van der Waals surface area (Å²) in [6.45, 7) is 1.76. The van der Waals surface area contributed by atoms with Crippen LogP contribution in [0.5, 0.6) is 0 Å². The predicted octanol–water partition coefficient (Wildman–Crippen LogP) is 1.95. The average Bonchev–Trinajstić information content (AvgIpc) is 2.71. The van der Waals surface area contributed by atoms with Crippen molar-refractivity contribution in [2.75, 3.05) is 4.90 Å². The van der Waals surface area contributed by atoms with E-state index in [1.807, 2.05) is 6.07 Å². The first-order chi connectivity index (χ1) is 8.66. The highest BCUT2D eigenvalue weighted by molar-refractivity contribution is 6.75. The molecule has 2 heterocycles. The van der Waals surface area contributed by atoms with Crippen molar-refractivity contribution in [3.05, 3.63) is 42.1 Å². The smallest absolute Gasteiger partial charge is 0.266 e. The number of rotatable bonds is 1. The minimum atomic E-state index is -0.578. The molecular weight excluding hydrogens is 230 g/mol. The summed E-state index contributed by atoms with van der Waals surface area (Å²) in [5.41, 5.74) is 1.77. The molecule has 0 radical (unpaired) electrons. The van der Waals surface area contributed by atoms with Gasteiger partial charge in [-0.2, -0.15) is 4.99 Å². The molecule has 5 nitrogen and oxygen atoms in total. The maximum atomic E-state index is 12.2. The van der Waals surface area contributed by atoms with E-state index >= 15 is 0 Å². The normalized spacial score (nSPS) is 18.3. The number of amides is 3. The van der Waals surface area contributed by atoms with E-state index < -0.39 is 11.9 Å². The Balaban J connectivity index is 2.09. The van der Waals surface area contributed by atoms with E-state index in [4.69, 9.17) is 0 Å². The third-order valence-corrected chi connectivity index (χ3v) is 2.70. The number of anilines is 1. The van der Waals surface area contributed by atoms with Gasteiger partial charge in [-0.3, -0.25) is 4.79 Å². The fraction of sp³-hybridized carbons (Fsp3) is 0.0769. The van der Waals surface area contributed by atoms with E-state index in [0.29, 0.717) is 17.1 Å². The molecule has 5 heteroatoms. The number of carbonyl (C=O) groups excluding carboxylic acids is 2. The molecule has 1 aromatic carbocycles. The molecule has 2 aliphatic heterocycles. The molecule has 18 heavy (non-hydrogen) atoms. The van der Waals surface area contributed by atoms with E-state index in [1.54, 1.807) is 37.3 Å². The second-order valence-electron chi connectivity index (χ2n) is 4.00. The Morgan fingerprint density at radius 3 is 2.50 bits per heavy atom. The van der Waals surface area contributed by atoms with Crippen molar-refractivity contribution >= 4 is 29.0 Å². The van der Waals surface area contributed by atoms with Crippen molar-refractivity contribution in [1.29, 1.82) is 0 Å². The van der Waals surface area contributed by atoms with Crippen LogP contribution in [0.25, 0.3) is 0 Å². The van der Waals surface area contributed by atoms with Crippen molar-refractivity contribution in [2.24, 2.45) is 9.98 Å². The molecule has 88 valence electrons. The Bertz CT molecular complexity index is 641. The van der Waals surface area contributed by atoms with Crippen LogP contribution in [0.1, 0.15) is 6.92 Å². The Morgan fingerprint density at radius 1 is 1.06 bits per heavy atom. The first-order valence-electron chi connectivity index (χ1n) is 5.46. The van der Waals surface area contributed by atoms with Crippen molar-refractivity contribution in [1.82, 2.24) is 0 Å². The lowest BCUT2D eigenvalue weighted by molar-refractivity contribution is -0.111. The molecule has 0 atom stereocenters. The monoisotopic (exact) mass is 239 g/mol. The highest BCUT2D eigenvalue weighted by Crippen LogP contribution is 2.21. The van der Waals surface area contributed by atoms with Gasteiger partial charge in [0.05, 0.1) is 5.69 Å². The van der Waals surface area contributed by atoms with Crippen LogP contribution in [0, 0.1) is 0 Å². The van der Waals surface area contributed by atoms with E-state index in [-0.39, 0.29) is 5.71 Å². The zero-order valence-electron chi connectivity index (χ0n) is 9.62. The second-order valence-corrected chi connectivity index (χ2v) is 4.00. The Hall–Kier alpha value is -2.56. The first kappa shape index (κ1) is 10.6. The van der Waals surface area contributed by atoms with Crippen molar-refractivity contribution in [2.45, 2.75) is 6.92 Å². The van der Waals surface area contributed by atoms with Crippen LogP contribution in [0.15, 0.2) is 52.1 Å².